The van der Waals surface area contributed by atoms with E-state index in [1.165, 1.54) is 5.56 Å². The van der Waals surface area contributed by atoms with Crippen molar-refractivity contribution in [2.24, 2.45) is 11.1 Å². The van der Waals surface area contributed by atoms with Crippen LogP contribution in [0.25, 0.3) is 0 Å². The van der Waals surface area contributed by atoms with Gasteiger partial charge in [-0.2, -0.15) is 0 Å². The van der Waals surface area contributed by atoms with Crippen LogP contribution in [0.2, 0.25) is 0 Å². The normalized spacial score (nSPS) is 13.3. The van der Waals surface area contributed by atoms with Crippen LogP contribution in [0, 0.1) is 5.41 Å². The zero-order valence-corrected chi connectivity index (χ0v) is 13.9. The van der Waals surface area contributed by atoms with Crippen LogP contribution in [-0.4, -0.2) is 18.5 Å². The summed E-state index contributed by atoms with van der Waals surface area (Å²) in [5.74, 6) is 0.00602. The van der Waals surface area contributed by atoms with Gasteiger partial charge in [-0.3, -0.25) is 4.79 Å². The van der Waals surface area contributed by atoms with E-state index in [1.807, 2.05) is 39.0 Å². The van der Waals surface area contributed by atoms with Gasteiger partial charge >= 0.3 is 0 Å². The molecule has 0 fully saturated rings. The van der Waals surface area contributed by atoms with Crippen molar-refractivity contribution >= 4 is 18.3 Å². The fourth-order valence-corrected chi connectivity index (χ4v) is 1.78. The Morgan fingerprint density at radius 3 is 2.15 bits per heavy atom. The molecule has 1 aromatic carbocycles. The zero-order chi connectivity index (χ0) is 14.7. The Labute approximate surface area is 128 Å². The Balaban J connectivity index is 0.00000361. The first-order chi connectivity index (χ1) is 8.71. The molecule has 114 valence electrons. The van der Waals surface area contributed by atoms with E-state index in [9.17, 15) is 4.79 Å². The molecule has 0 aromatic heterocycles. The van der Waals surface area contributed by atoms with Crippen LogP contribution in [0.3, 0.4) is 0 Å². The molecular weight excluding hydrogens is 272 g/mol. The standard InChI is InChI=1S/C16H26N2O.ClH/c1-12(18-14(19)15(2,3)11-17)16(4,5)13-9-7-6-8-10-13;/h6-10,12H,11,17H2,1-5H3,(H,18,19);1H. The van der Waals surface area contributed by atoms with Crippen molar-refractivity contribution in [3.05, 3.63) is 35.9 Å². The van der Waals surface area contributed by atoms with E-state index in [4.69, 9.17) is 5.73 Å². The van der Waals surface area contributed by atoms with Crippen LogP contribution in [0.1, 0.15) is 40.2 Å². The monoisotopic (exact) mass is 298 g/mol. The van der Waals surface area contributed by atoms with Crippen molar-refractivity contribution in [1.29, 1.82) is 0 Å². The third kappa shape index (κ3) is 4.22. The van der Waals surface area contributed by atoms with Gasteiger partial charge in [0.05, 0.1) is 5.41 Å². The van der Waals surface area contributed by atoms with Gasteiger partial charge < -0.3 is 11.1 Å². The lowest BCUT2D eigenvalue weighted by Crippen LogP contribution is -2.51. The molecule has 0 bridgehead atoms. The zero-order valence-electron chi connectivity index (χ0n) is 13.1. The molecule has 0 aliphatic carbocycles. The molecule has 0 saturated carbocycles. The predicted octanol–water partition coefficient (Wildman–Crippen LogP) is 2.88. The van der Waals surface area contributed by atoms with E-state index < -0.39 is 5.41 Å². The maximum Gasteiger partial charge on any atom is 0.227 e. The van der Waals surface area contributed by atoms with Crippen LogP contribution in [0.15, 0.2) is 30.3 Å². The van der Waals surface area contributed by atoms with E-state index in [1.54, 1.807) is 0 Å². The van der Waals surface area contributed by atoms with E-state index in [0.29, 0.717) is 6.54 Å². The molecule has 1 aromatic rings. The maximum absolute atomic E-state index is 12.2. The van der Waals surface area contributed by atoms with Crippen molar-refractivity contribution in [3.63, 3.8) is 0 Å². The first-order valence-electron chi connectivity index (χ1n) is 6.78. The van der Waals surface area contributed by atoms with Crippen LogP contribution in [-0.2, 0) is 10.2 Å². The highest BCUT2D eigenvalue weighted by atomic mass is 35.5. The van der Waals surface area contributed by atoms with Crippen molar-refractivity contribution in [3.8, 4) is 0 Å². The number of amides is 1. The lowest BCUT2D eigenvalue weighted by molar-refractivity contribution is -0.129. The van der Waals surface area contributed by atoms with Gasteiger partial charge in [-0.15, -0.1) is 12.4 Å². The molecule has 0 radical (unpaired) electrons. The Kier molecular flexibility index (Phi) is 6.72. The average Bonchev–Trinajstić information content (AvgIpc) is 2.39. The molecule has 3 N–H and O–H groups in total. The Hall–Kier alpha value is -1.06. The topological polar surface area (TPSA) is 55.1 Å². The van der Waals surface area contributed by atoms with Crippen molar-refractivity contribution in [2.45, 2.75) is 46.1 Å². The van der Waals surface area contributed by atoms with E-state index in [-0.39, 0.29) is 29.8 Å². The number of nitrogens with one attached hydrogen (secondary N) is 1. The highest BCUT2D eigenvalue weighted by Gasteiger charge is 2.33. The molecule has 1 unspecified atom stereocenters. The summed E-state index contributed by atoms with van der Waals surface area (Å²) < 4.78 is 0. The predicted molar refractivity (Wildman–Crippen MR) is 87.2 cm³/mol. The quantitative estimate of drug-likeness (QED) is 0.878. The summed E-state index contributed by atoms with van der Waals surface area (Å²) in [7, 11) is 0. The number of hydrogen-bond donors (Lipinski definition) is 2. The van der Waals surface area contributed by atoms with Crippen molar-refractivity contribution < 1.29 is 4.79 Å². The van der Waals surface area contributed by atoms with Crippen molar-refractivity contribution in [1.82, 2.24) is 5.32 Å². The third-order valence-electron chi connectivity index (χ3n) is 4.07. The summed E-state index contributed by atoms with van der Waals surface area (Å²) >= 11 is 0. The number of hydrogen-bond acceptors (Lipinski definition) is 2. The van der Waals surface area contributed by atoms with Gasteiger partial charge in [0, 0.05) is 18.0 Å². The largest absolute Gasteiger partial charge is 0.352 e. The van der Waals surface area contributed by atoms with Crippen LogP contribution < -0.4 is 11.1 Å². The van der Waals surface area contributed by atoms with Crippen LogP contribution in [0.5, 0.6) is 0 Å². The van der Waals surface area contributed by atoms with Crippen LogP contribution in [0.4, 0.5) is 0 Å². The minimum absolute atomic E-state index is 0. The first kappa shape index (κ1) is 18.9. The minimum atomic E-state index is -0.527. The smallest absolute Gasteiger partial charge is 0.227 e. The lowest BCUT2D eigenvalue weighted by Gasteiger charge is -2.35. The number of benzene rings is 1. The first-order valence-corrected chi connectivity index (χ1v) is 6.78. The Morgan fingerprint density at radius 1 is 1.20 bits per heavy atom. The summed E-state index contributed by atoms with van der Waals surface area (Å²) in [6.45, 7) is 10.4. The fraction of sp³-hybridized carbons (Fsp3) is 0.562. The Morgan fingerprint density at radius 2 is 1.70 bits per heavy atom. The molecule has 4 heteroatoms. The highest BCUT2D eigenvalue weighted by molar-refractivity contribution is 5.85. The van der Waals surface area contributed by atoms with Gasteiger partial charge in [0.2, 0.25) is 5.91 Å². The summed E-state index contributed by atoms with van der Waals surface area (Å²) in [4.78, 5) is 12.2. The SMILES string of the molecule is CC(NC(=O)C(C)(C)CN)C(C)(C)c1ccccc1.Cl. The second-order valence-electron chi connectivity index (χ2n) is 6.37. The molecule has 0 aliphatic heterocycles. The number of carbonyl (C=O) groups is 1. The van der Waals surface area contributed by atoms with E-state index in [0.717, 1.165) is 0 Å². The summed E-state index contributed by atoms with van der Waals surface area (Å²) in [5, 5.41) is 3.09. The van der Waals surface area contributed by atoms with Gasteiger partial charge in [0.25, 0.3) is 0 Å². The van der Waals surface area contributed by atoms with Gasteiger partial charge in [-0.25, -0.2) is 0 Å². The number of rotatable bonds is 5. The average molecular weight is 299 g/mol. The molecule has 0 aliphatic rings. The van der Waals surface area contributed by atoms with Gasteiger partial charge in [0.15, 0.2) is 0 Å². The van der Waals surface area contributed by atoms with E-state index in [2.05, 4.69) is 31.3 Å². The molecule has 20 heavy (non-hydrogen) atoms. The number of nitrogens with two attached hydrogens (primary N) is 1. The lowest BCUT2D eigenvalue weighted by atomic mass is 9.78. The molecule has 1 atom stereocenters. The molecule has 1 rings (SSSR count). The molecule has 0 spiro atoms. The molecular formula is C16H27ClN2O. The molecule has 0 heterocycles. The Bertz CT molecular complexity index is 429. The summed E-state index contributed by atoms with van der Waals surface area (Å²) in [5.41, 5.74) is 6.21. The minimum Gasteiger partial charge on any atom is -0.352 e. The molecule has 0 saturated heterocycles. The van der Waals surface area contributed by atoms with E-state index >= 15 is 0 Å². The third-order valence-corrected chi connectivity index (χ3v) is 4.07. The fourth-order valence-electron chi connectivity index (χ4n) is 1.78. The van der Waals surface area contributed by atoms with Gasteiger partial charge in [0.1, 0.15) is 0 Å². The maximum atomic E-state index is 12.2. The number of carbonyl (C=O) groups excluding carboxylic acids is 1. The second kappa shape index (κ2) is 7.09. The van der Waals surface area contributed by atoms with Gasteiger partial charge in [-0.05, 0) is 26.3 Å². The van der Waals surface area contributed by atoms with Crippen LogP contribution >= 0.6 is 12.4 Å². The molecule has 1 amide bonds. The number of halogens is 1. The summed E-state index contributed by atoms with van der Waals surface area (Å²) in [6, 6.07) is 10.3. The van der Waals surface area contributed by atoms with Crippen molar-refractivity contribution in [2.75, 3.05) is 6.54 Å². The van der Waals surface area contributed by atoms with Gasteiger partial charge in [-0.1, -0.05) is 44.2 Å². The molecule has 3 nitrogen and oxygen atoms in total. The summed E-state index contributed by atoms with van der Waals surface area (Å²) in [6.07, 6.45) is 0. The highest BCUT2D eigenvalue weighted by Crippen LogP contribution is 2.27. The second-order valence-corrected chi connectivity index (χ2v) is 6.37.